The van der Waals surface area contributed by atoms with Crippen molar-refractivity contribution in [2.24, 2.45) is 17.6 Å². The molecule has 5 rings (SSSR count). The molecule has 0 radical (unpaired) electrons. The Balaban J connectivity index is 1.39. The average Bonchev–Trinajstić information content (AvgIpc) is 3.57. The van der Waals surface area contributed by atoms with E-state index in [1.165, 1.54) is 24.8 Å². The number of likely N-dealkylation sites (N-methyl/N-ethyl adjacent to an activating group) is 1. The van der Waals surface area contributed by atoms with E-state index in [9.17, 15) is 9.59 Å². The van der Waals surface area contributed by atoms with Crippen LogP contribution in [0, 0.1) is 11.8 Å². The van der Waals surface area contributed by atoms with Gasteiger partial charge in [0.25, 0.3) is 0 Å². The monoisotopic (exact) mass is 509 g/mol. The molecule has 0 aliphatic heterocycles. The number of hydrogen-bond donors (Lipinski definition) is 2. The SMILES string of the molecule is CCN(C(=O)C(Cc1ccccc1)NC(=O)C(N)Cc1ccccc1)C1C2CCC(C2)C1c1ccccc1. The number of benzene rings is 3. The van der Waals surface area contributed by atoms with Gasteiger partial charge in [0.15, 0.2) is 0 Å². The third-order valence-electron chi connectivity index (χ3n) is 8.57. The molecule has 3 aromatic carbocycles. The highest BCUT2D eigenvalue weighted by molar-refractivity contribution is 5.90. The zero-order chi connectivity index (χ0) is 26.5. The summed E-state index contributed by atoms with van der Waals surface area (Å²) < 4.78 is 0. The van der Waals surface area contributed by atoms with Gasteiger partial charge in [-0.1, -0.05) is 91.0 Å². The fourth-order valence-electron chi connectivity index (χ4n) is 6.86. The van der Waals surface area contributed by atoms with Gasteiger partial charge in [0, 0.05) is 24.9 Å². The zero-order valence-corrected chi connectivity index (χ0v) is 22.2. The first-order valence-electron chi connectivity index (χ1n) is 14.0. The van der Waals surface area contributed by atoms with Crippen LogP contribution >= 0.6 is 0 Å². The van der Waals surface area contributed by atoms with Gasteiger partial charge in [-0.05, 0) is 61.1 Å². The number of carbonyl (C=O) groups is 2. The molecule has 0 aromatic heterocycles. The molecule has 2 amide bonds. The first kappa shape index (κ1) is 26.2. The van der Waals surface area contributed by atoms with Gasteiger partial charge in [-0.25, -0.2) is 0 Å². The van der Waals surface area contributed by atoms with Crippen LogP contribution in [0.4, 0.5) is 0 Å². The minimum atomic E-state index is -0.724. The van der Waals surface area contributed by atoms with Crippen LogP contribution in [0.2, 0.25) is 0 Å². The molecule has 2 saturated carbocycles. The quantitative estimate of drug-likeness (QED) is 0.416. The number of rotatable bonds is 10. The van der Waals surface area contributed by atoms with Crippen LogP contribution in [0.25, 0.3) is 0 Å². The highest BCUT2D eigenvalue weighted by atomic mass is 16.2. The van der Waals surface area contributed by atoms with Crippen molar-refractivity contribution in [3.63, 3.8) is 0 Å². The van der Waals surface area contributed by atoms with Gasteiger partial charge < -0.3 is 16.0 Å². The van der Waals surface area contributed by atoms with Gasteiger partial charge in [-0.15, -0.1) is 0 Å². The fraction of sp³-hybridized carbons (Fsp3) is 0.394. The van der Waals surface area contributed by atoms with Crippen molar-refractivity contribution in [1.29, 1.82) is 0 Å². The van der Waals surface area contributed by atoms with Crippen molar-refractivity contribution >= 4 is 11.8 Å². The van der Waals surface area contributed by atoms with Crippen LogP contribution in [0.3, 0.4) is 0 Å². The van der Waals surface area contributed by atoms with Crippen LogP contribution in [0.15, 0.2) is 91.0 Å². The topological polar surface area (TPSA) is 75.4 Å². The summed E-state index contributed by atoms with van der Waals surface area (Å²) in [6, 6.07) is 29.1. The van der Waals surface area contributed by atoms with Crippen molar-refractivity contribution in [1.82, 2.24) is 10.2 Å². The molecule has 38 heavy (non-hydrogen) atoms. The molecule has 198 valence electrons. The third kappa shape index (κ3) is 5.68. The Morgan fingerprint density at radius 2 is 1.39 bits per heavy atom. The Morgan fingerprint density at radius 1 is 0.842 bits per heavy atom. The number of nitrogens with one attached hydrogen (secondary N) is 1. The molecule has 2 aliphatic rings. The number of nitrogens with zero attached hydrogens (tertiary/aromatic N) is 1. The van der Waals surface area contributed by atoms with Crippen molar-refractivity contribution < 1.29 is 9.59 Å². The first-order valence-corrected chi connectivity index (χ1v) is 14.0. The summed E-state index contributed by atoms with van der Waals surface area (Å²) in [5.74, 6) is 1.16. The molecule has 6 unspecified atom stereocenters. The van der Waals surface area contributed by atoms with Crippen LogP contribution in [-0.4, -0.2) is 41.4 Å². The van der Waals surface area contributed by atoms with E-state index >= 15 is 0 Å². The van der Waals surface area contributed by atoms with E-state index < -0.39 is 12.1 Å². The first-order chi connectivity index (χ1) is 18.5. The number of carbonyl (C=O) groups excluding carboxylic acids is 2. The van der Waals surface area contributed by atoms with Crippen molar-refractivity contribution in [3.05, 3.63) is 108 Å². The van der Waals surface area contributed by atoms with Crippen LogP contribution < -0.4 is 11.1 Å². The normalized spacial score (nSPS) is 23.5. The molecule has 5 heteroatoms. The lowest BCUT2D eigenvalue weighted by Gasteiger charge is -2.41. The molecule has 0 spiro atoms. The second kappa shape index (κ2) is 12.0. The smallest absolute Gasteiger partial charge is 0.245 e. The second-order valence-electron chi connectivity index (χ2n) is 10.9. The number of fused-ring (bicyclic) bond motifs is 2. The Kier molecular flexibility index (Phi) is 8.23. The summed E-state index contributed by atoms with van der Waals surface area (Å²) in [4.78, 5) is 29.7. The maximum absolute atomic E-state index is 14.3. The molecule has 5 nitrogen and oxygen atoms in total. The fourth-order valence-corrected chi connectivity index (χ4v) is 6.86. The predicted molar refractivity (Wildman–Crippen MR) is 151 cm³/mol. The maximum Gasteiger partial charge on any atom is 0.245 e. The zero-order valence-electron chi connectivity index (χ0n) is 22.2. The molecular formula is C33H39N3O2. The highest BCUT2D eigenvalue weighted by Gasteiger charge is 2.51. The minimum absolute atomic E-state index is 0.00454. The minimum Gasteiger partial charge on any atom is -0.343 e. The molecule has 6 atom stereocenters. The predicted octanol–water partition coefficient (Wildman–Crippen LogP) is 4.71. The summed E-state index contributed by atoms with van der Waals surface area (Å²) >= 11 is 0. The van der Waals surface area contributed by atoms with Crippen LogP contribution in [0.1, 0.15) is 48.8 Å². The van der Waals surface area contributed by atoms with E-state index in [2.05, 4.69) is 47.5 Å². The lowest BCUT2D eigenvalue weighted by molar-refractivity contribution is -0.139. The summed E-state index contributed by atoms with van der Waals surface area (Å²) in [6.07, 6.45) is 4.44. The average molecular weight is 510 g/mol. The van der Waals surface area contributed by atoms with Gasteiger partial charge in [-0.2, -0.15) is 0 Å². The van der Waals surface area contributed by atoms with E-state index in [-0.39, 0.29) is 17.9 Å². The molecule has 3 N–H and O–H groups in total. The Morgan fingerprint density at radius 3 is 2.00 bits per heavy atom. The van der Waals surface area contributed by atoms with Crippen LogP contribution in [0.5, 0.6) is 0 Å². The molecule has 0 saturated heterocycles. The Bertz CT molecular complexity index is 1200. The molecule has 2 aliphatic carbocycles. The summed E-state index contributed by atoms with van der Waals surface area (Å²) in [5.41, 5.74) is 9.68. The second-order valence-corrected chi connectivity index (χ2v) is 10.9. The van der Waals surface area contributed by atoms with E-state index in [4.69, 9.17) is 5.73 Å². The van der Waals surface area contributed by atoms with E-state index in [1.807, 2.05) is 60.7 Å². The van der Waals surface area contributed by atoms with Crippen molar-refractivity contribution in [3.8, 4) is 0 Å². The van der Waals surface area contributed by atoms with E-state index in [0.29, 0.717) is 37.1 Å². The Hall–Kier alpha value is -3.44. The van der Waals surface area contributed by atoms with Gasteiger partial charge in [0.05, 0.1) is 6.04 Å². The largest absolute Gasteiger partial charge is 0.343 e. The highest BCUT2D eigenvalue weighted by Crippen LogP contribution is 2.55. The lowest BCUT2D eigenvalue weighted by Crippen LogP contribution is -2.57. The van der Waals surface area contributed by atoms with E-state index in [0.717, 1.165) is 11.1 Å². The molecule has 3 aromatic rings. The van der Waals surface area contributed by atoms with Gasteiger partial charge in [0.1, 0.15) is 6.04 Å². The number of nitrogens with two attached hydrogens (primary N) is 1. The lowest BCUT2D eigenvalue weighted by atomic mass is 9.78. The summed E-state index contributed by atoms with van der Waals surface area (Å²) in [7, 11) is 0. The van der Waals surface area contributed by atoms with Crippen LogP contribution in [-0.2, 0) is 22.4 Å². The van der Waals surface area contributed by atoms with E-state index in [1.54, 1.807) is 0 Å². The number of amides is 2. The maximum atomic E-state index is 14.3. The third-order valence-corrected chi connectivity index (χ3v) is 8.57. The molecule has 0 heterocycles. The van der Waals surface area contributed by atoms with Crippen molar-refractivity contribution in [2.75, 3.05) is 6.54 Å². The molecule has 2 bridgehead atoms. The summed E-state index contributed by atoms with van der Waals surface area (Å²) in [6.45, 7) is 2.68. The van der Waals surface area contributed by atoms with Crippen molar-refractivity contribution in [2.45, 2.75) is 63.1 Å². The number of hydrogen-bond acceptors (Lipinski definition) is 3. The molecule has 2 fully saturated rings. The van der Waals surface area contributed by atoms with Gasteiger partial charge >= 0.3 is 0 Å². The Labute approximate surface area is 226 Å². The standard InChI is InChI=1S/C33H39N3O2/c1-2-36(31-27-19-18-26(22-27)30(31)25-16-10-5-11-17-25)33(38)29(21-24-14-8-4-9-15-24)35-32(37)28(34)20-23-12-6-3-7-13-23/h3-17,26-31H,2,18-22,34H2,1H3,(H,35,37). The molecular weight excluding hydrogens is 470 g/mol. The van der Waals surface area contributed by atoms with Gasteiger partial charge in [0.2, 0.25) is 11.8 Å². The van der Waals surface area contributed by atoms with Gasteiger partial charge in [-0.3, -0.25) is 9.59 Å². The summed E-state index contributed by atoms with van der Waals surface area (Å²) in [5, 5.41) is 3.07.